The van der Waals surface area contributed by atoms with E-state index in [0.717, 1.165) is 36.3 Å². The van der Waals surface area contributed by atoms with Gasteiger partial charge in [-0.3, -0.25) is 0 Å². The van der Waals surface area contributed by atoms with Crippen molar-refractivity contribution in [2.24, 2.45) is 5.92 Å². The average Bonchev–Trinajstić information content (AvgIpc) is 2.74. The zero-order valence-electron chi connectivity index (χ0n) is 13.5. The third-order valence-electron chi connectivity index (χ3n) is 4.26. The van der Waals surface area contributed by atoms with E-state index in [9.17, 15) is 0 Å². The SMILES string of the molecule is CC1CCCN(c2ccc3nnc(C(C)(C)C)n3n2)CC1. The van der Waals surface area contributed by atoms with Gasteiger partial charge in [0, 0.05) is 18.5 Å². The van der Waals surface area contributed by atoms with Crippen LogP contribution < -0.4 is 4.90 Å². The molecule has 0 spiro atoms. The standard InChI is InChI=1S/C16H25N5/c1-12-6-5-10-20(11-9-12)14-8-7-13-17-18-15(16(2,3)4)21(13)19-14/h7-8,12H,5-6,9-11H2,1-4H3. The summed E-state index contributed by atoms with van der Waals surface area (Å²) in [4.78, 5) is 2.40. The third-order valence-corrected chi connectivity index (χ3v) is 4.26. The van der Waals surface area contributed by atoms with Gasteiger partial charge in [0.25, 0.3) is 0 Å². The van der Waals surface area contributed by atoms with Crippen LogP contribution in [0.2, 0.25) is 0 Å². The second kappa shape index (κ2) is 5.28. The Hall–Kier alpha value is -1.65. The van der Waals surface area contributed by atoms with Gasteiger partial charge in [0.1, 0.15) is 5.82 Å². The normalized spacial score (nSPS) is 20.8. The van der Waals surface area contributed by atoms with Gasteiger partial charge in [-0.25, -0.2) is 0 Å². The van der Waals surface area contributed by atoms with Crippen molar-refractivity contribution < 1.29 is 0 Å². The van der Waals surface area contributed by atoms with Crippen LogP contribution >= 0.6 is 0 Å². The van der Waals surface area contributed by atoms with Crippen LogP contribution in [0.15, 0.2) is 12.1 Å². The smallest absolute Gasteiger partial charge is 0.178 e. The third kappa shape index (κ3) is 2.87. The Morgan fingerprint density at radius 2 is 1.90 bits per heavy atom. The lowest BCUT2D eigenvalue weighted by atomic mass is 9.96. The highest BCUT2D eigenvalue weighted by Gasteiger charge is 2.23. The molecule has 1 aliphatic heterocycles. The molecular weight excluding hydrogens is 262 g/mol. The predicted molar refractivity (Wildman–Crippen MR) is 84.7 cm³/mol. The second-order valence-electron chi connectivity index (χ2n) is 7.26. The summed E-state index contributed by atoms with van der Waals surface area (Å²) in [7, 11) is 0. The van der Waals surface area contributed by atoms with Gasteiger partial charge in [0.05, 0.1) is 0 Å². The summed E-state index contributed by atoms with van der Waals surface area (Å²) in [5.41, 5.74) is 0.769. The maximum absolute atomic E-state index is 4.81. The Kier molecular flexibility index (Phi) is 3.59. The fourth-order valence-corrected chi connectivity index (χ4v) is 2.91. The Morgan fingerprint density at radius 3 is 2.67 bits per heavy atom. The van der Waals surface area contributed by atoms with Gasteiger partial charge in [-0.05, 0) is 37.3 Å². The van der Waals surface area contributed by atoms with Gasteiger partial charge in [-0.2, -0.15) is 4.52 Å². The van der Waals surface area contributed by atoms with E-state index in [1.165, 1.54) is 19.3 Å². The summed E-state index contributed by atoms with van der Waals surface area (Å²) in [6, 6.07) is 4.10. The summed E-state index contributed by atoms with van der Waals surface area (Å²) in [6.07, 6.45) is 3.81. The highest BCUT2D eigenvalue weighted by Crippen LogP contribution is 2.24. The molecule has 1 atom stereocenters. The number of nitrogens with zero attached hydrogens (tertiary/aromatic N) is 5. The van der Waals surface area contributed by atoms with Crippen molar-refractivity contribution in [1.82, 2.24) is 19.8 Å². The minimum atomic E-state index is -0.0572. The van der Waals surface area contributed by atoms with Crippen molar-refractivity contribution in [3.63, 3.8) is 0 Å². The highest BCUT2D eigenvalue weighted by atomic mass is 15.4. The molecule has 114 valence electrons. The first-order valence-corrected chi connectivity index (χ1v) is 7.93. The predicted octanol–water partition coefficient (Wildman–Crippen LogP) is 3.05. The van der Waals surface area contributed by atoms with Crippen LogP contribution in [0.1, 0.15) is 52.8 Å². The van der Waals surface area contributed by atoms with E-state index in [1.807, 2.05) is 10.6 Å². The first-order valence-electron chi connectivity index (χ1n) is 7.93. The van der Waals surface area contributed by atoms with Crippen molar-refractivity contribution in [2.75, 3.05) is 18.0 Å². The van der Waals surface area contributed by atoms with Crippen molar-refractivity contribution in [3.05, 3.63) is 18.0 Å². The molecule has 5 nitrogen and oxygen atoms in total. The minimum absolute atomic E-state index is 0.0572. The molecule has 2 aromatic heterocycles. The van der Waals surface area contributed by atoms with Gasteiger partial charge in [-0.15, -0.1) is 15.3 Å². The van der Waals surface area contributed by atoms with E-state index in [0.29, 0.717) is 0 Å². The molecule has 0 aromatic carbocycles. The average molecular weight is 287 g/mol. The fraction of sp³-hybridized carbons (Fsp3) is 0.688. The van der Waals surface area contributed by atoms with Gasteiger partial charge < -0.3 is 4.90 Å². The maximum atomic E-state index is 4.81. The number of anilines is 1. The molecule has 1 saturated heterocycles. The number of fused-ring (bicyclic) bond motifs is 1. The van der Waals surface area contributed by atoms with E-state index < -0.39 is 0 Å². The summed E-state index contributed by atoms with van der Waals surface area (Å²) in [5.74, 6) is 2.78. The number of hydrogen-bond acceptors (Lipinski definition) is 4. The van der Waals surface area contributed by atoms with Gasteiger partial charge in [-0.1, -0.05) is 27.7 Å². The van der Waals surface area contributed by atoms with Crippen LogP contribution in [0, 0.1) is 5.92 Å². The Morgan fingerprint density at radius 1 is 1.10 bits per heavy atom. The zero-order chi connectivity index (χ0) is 15.0. The fourth-order valence-electron chi connectivity index (χ4n) is 2.91. The summed E-state index contributed by atoms with van der Waals surface area (Å²) < 4.78 is 1.91. The summed E-state index contributed by atoms with van der Waals surface area (Å²) in [6.45, 7) is 11.0. The number of aromatic nitrogens is 4. The molecule has 3 rings (SSSR count). The topological polar surface area (TPSA) is 46.3 Å². The molecule has 21 heavy (non-hydrogen) atoms. The lowest BCUT2D eigenvalue weighted by Gasteiger charge is -2.22. The van der Waals surface area contributed by atoms with Gasteiger partial charge in [0.2, 0.25) is 0 Å². The lowest BCUT2D eigenvalue weighted by molar-refractivity contribution is 0.520. The van der Waals surface area contributed by atoms with Crippen LogP contribution in [-0.4, -0.2) is 32.9 Å². The van der Waals surface area contributed by atoms with Gasteiger partial charge >= 0.3 is 0 Å². The van der Waals surface area contributed by atoms with E-state index in [-0.39, 0.29) is 5.41 Å². The Labute approximate surface area is 126 Å². The number of hydrogen-bond donors (Lipinski definition) is 0. The van der Waals surface area contributed by atoms with Crippen LogP contribution in [0.5, 0.6) is 0 Å². The molecule has 0 amide bonds. The molecule has 2 aromatic rings. The number of rotatable bonds is 1. The van der Waals surface area contributed by atoms with E-state index in [4.69, 9.17) is 5.10 Å². The molecule has 1 fully saturated rings. The zero-order valence-corrected chi connectivity index (χ0v) is 13.5. The maximum Gasteiger partial charge on any atom is 0.178 e. The molecule has 0 aliphatic carbocycles. The van der Waals surface area contributed by atoms with E-state index >= 15 is 0 Å². The molecule has 0 bridgehead atoms. The van der Waals surface area contributed by atoms with Crippen LogP contribution in [0.3, 0.4) is 0 Å². The molecule has 3 heterocycles. The highest BCUT2D eigenvalue weighted by molar-refractivity contribution is 5.46. The lowest BCUT2D eigenvalue weighted by Crippen LogP contribution is -2.26. The van der Waals surface area contributed by atoms with Crippen molar-refractivity contribution in [3.8, 4) is 0 Å². The summed E-state index contributed by atoms with van der Waals surface area (Å²) in [5, 5.41) is 13.4. The molecule has 1 unspecified atom stereocenters. The first kappa shape index (κ1) is 14.3. The molecule has 0 saturated carbocycles. The van der Waals surface area contributed by atoms with Crippen LogP contribution in [0.25, 0.3) is 5.65 Å². The van der Waals surface area contributed by atoms with Crippen molar-refractivity contribution in [1.29, 1.82) is 0 Å². The van der Waals surface area contributed by atoms with Crippen molar-refractivity contribution in [2.45, 2.75) is 52.4 Å². The molecule has 5 heteroatoms. The van der Waals surface area contributed by atoms with E-state index in [1.54, 1.807) is 0 Å². The Balaban J connectivity index is 1.96. The second-order valence-corrected chi connectivity index (χ2v) is 7.26. The van der Waals surface area contributed by atoms with Crippen molar-refractivity contribution >= 4 is 11.5 Å². The van der Waals surface area contributed by atoms with Gasteiger partial charge in [0.15, 0.2) is 11.5 Å². The van der Waals surface area contributed by atoms with Crippen LogP contribution in [-0.2, 0) is 5.41 Å². The Bertz CT molecular complexity index is 625. The van der Waals surface area contributed by atoms with E-state index in [2.05, 4.69) is 48.9 Å². The quantitative estimate of drug-likeness (QED) is 0.809. The monoisotopic (exact) mass is 287 g/mol. The molecule has 0 radical (unpaired) electrons. The molecular formula is C16H25N5. The van der Waals surface area contributed by atoms with Crippen LogP contribution in [0.4, 0.5) is 5.82 Å². The first-order chi connectivity index (χ1) is 9.95. The largest absolute Gasteiger partial charge is 0.355 e. The minimum Gasteiger partial charge on any atom is -0.355 e. The molecule has 0 N–H and O–H groups in total. The summed E-state index contributed by atoms with van der Waals surface area (Å²) >= 11 is 0. The molecule has 1 aliphatic rings.